The molecule has 0 spiro atoms. The summed E-state index contributed by atoms with van der Waals surface area (Å²) in [5.41, 5.74) is 0.344. The second-order valence-corrected chi connectivity index (χ2v) is 5.43. The van der Waals surface area contributed by atoms with E-state index in [0.29, 0.717) is 17.9 Å². The summed E-state index contributed by atoms with van der Waals surface area (Å²) in [7, 11) is 0. The van der Waals surface area contributed by atoms with Gasteiger partial charge in [0.2, 0.25) is 0 Å². The minimum absolute atomic E-state index is 0.00398. The molecule has 20 heavy (non-hydrogen) atoms. The first-order chi connectivity index (χ1) is 9.31. The Morgan fingerprint density at radius 2 is 1.95 bits per heavy atom. The van der Waals surface area contributed by atoms with E-state index in [1.54, 1.807) is 39.0 Å². The first-order valence-electron chi connectivity index (χ1n) is 6.38. The number of carbonyl (C=O) groups excluding carboxylic acids is 2. The van der Waals surface area contributed by atoms with Crippen molar-refractivity contribution in [1.29, 1.82) is 0 Å². The highest BCUT2D eigenvalue weighted by Gasteiger charge is 2.32. The van der Waals surface area contributed by atoms with E-state index in [-0.39, 0.29) is 11.1 Å². The molecule has 0 saturated carbocycles. The molecule has 1 rings (SSSR count). The van der Waals surface area contributed by atoms with Crippen molar-refractivity contribution < 1.29 is 19.1 Å². The number of hydrogen-bond acceptors (Lipinski definition) is 4. The third-order valence-corrected chi connectivity index (χ3v) is 3.26. The molecule has 0 atom stereocenters. The Balaban J connectivity index is 2.93. The van der Waals surface area contributed by atoms with Gasteiger partial charge in [0, 0.05) is 5.56 Å². The Labute approximate surface area is 127 Å². The molecule has 0 N–H and O–H groups in total. The minimum Gasteiger partial charge on any atom is -0.476 e. The van der Waals surface area contributed by atoms with E-state index in [9.17, 15) is 9.59 Å². The number of carbonyl (C=O) groups is 2. The van der Waals surface area contributed by atoms with Crippen LogP contribution in [0, 0.1) is 6.92 Å². The zero-order valence-electron chi connectivity index (χ0n) is 12.2. The smallest absolute Gasteiger partial charge is 0.349 e. The molecule has 5 heteroatoms. The number of ketones is 1. The SMILES string of the molecule is CCOC(=O)C(C)(C)Oc1ccc(C(=O)CBr)cc1C. The standard InChI is InChI=1S/C15H19BrO4/c1-5-19-14(18)15(3,4)20-13-7-6-11(8-10(13)2)12(17)9-16/h6-8H,5,9H2,1-4H3. The lowest BCUT2D eigenvalue weighted by Gasteiger charge is -2.25. The number of alkyl halides is 1. The molecule has 1 aromatic rings. The molecular formula is C15H19BrO4. The molecule has 0 amide bonds. The highest BCUT2D eigenvalue weighted by atomic mass is 79.9. The summed E-state index contributed by atoms with van der Waals surface area (Å²) in [6.07, 6.45) is 0. The largest absolute Gasteiger partial charge is 0.476 e. The summed E-state index contributed by atoms with van der Waals surface area (Å²) in [6, 6.07) is 5.14. The van der Waals surface area contributed by atoms with Crippen molar-refractivity contribution in [2.75, 3.05) is 11.9 Å². The van der Waals surface area contributed by atoms with Gasteiger partial charge in [-0.1, -0.05) is 15.9 Å². The number of benzene rings is 1. The summed E-state index contributed by atoms with van der Waals surface area (Å²) in [5.74, 6) is 0.151. The second kappa shape index (κ2) is 6.88. The van der Waals surface area contributed by atoms with Crippen molar-refractivity contribution in [3.8, 4) is 5.75 Å². The normalized spacial score (nSPS) is 11.1. The third kappa shape index (κ3) is 4.07. The van der Waals surface area contributed by atoms with E-state index in [1.807, 2.05) is 6.92 Å². The second-order valence-electron chi connectivity index (χ2n) is 4.87. The Morgan fingerprint density at radius 3 is 2.45 bits per heavy atom. The number of rotatable bonds is 6. The maximum atomic E-state index is 11.8. The summed E-state index contributed by atoms with van der Waals surface area (Å²) in [5, 5.41) is 0.279. The molecule has 110 valence electrons. The molecule has 0 radical (unpaired) electrons. The first kappa shape index (κ1) is 16.7. The Kier molecular flexibility index (Phi) is 5.74. The van der Waals surface area contributed by atoms with Gasteiger partial charge >= 0.3 is 5.97 Å². The van der Waals surface area contributed by atoms with Gasteiger partial charge in [0.1, 0.15) is 5.75 Å². The average Bonchev–Trinajstić information content (AvgIpc) is 2.40. The summed E-state index contributed by atoms with van der Waals surface area (Å²) >= 11 is 3.14. The number of esters is 1. The van der Waals surface area contributed by atoms with E-state index in [2.05, 4.69) is 15.9 Å². The Morgan fingerprint density at radius 1 is 1.30 bits per heavy atom. The Bertz CT molecular complexity index is 509. The zero-order valence-corrected chi connectivity index (χ0v) is 13.7. The quantitative estimate of drug-likeness (QED) is 0.452. The van der Waals surface area contributed by atoms with Gasteiger partial charge in [-0.25, -0.2) is 4.79 Å². The minimum atomic E-state index is -1.07. The zero-order chi connectivity index (χ0) is 15.3. The van der Waals surface area contributed by atoms with Crippen LogP contribution in [0.4, 0.5) is 0 Å². The van der Waals surface area contributed by atoms with Gasteiger partial charge in [-0.05, 0) is 51.5 Å². The first-order valence-corrected chi connectivity index (χ1v) is 7.50. The summed E-state index contributed by atoms with van der Waals surface area (Å²) in [6.45, 7) is 7.20. The van der Waals surface area contributed by atoms with Crippen LogP contribution in [-0.4, -0.2) is 29.3 Å². The van der Waals surface area contributed by atoms with Crippen molar-refractivity contribution >= 4 is 27.7 Å². The third-order valence-electron chi connectivity index (χ3n) is 2.75. The van der Waals surface area contributed by atoms with Gasteiger partial charge in [0.15, 0.2) is 11.4 Å². The molecule has 0 unspecified atom stereocenters. The summed E-state index contributed by atoms with van der Waals surface area (Å²) in [4.78, 5) is 23.4. The van der Waals surface area contributed by atoms with Crippen molar-refractivity contribution in [1.82, 2.24) is 0 Å². The van der Waals surface area contributed by atoms with E-state index in [0.717, 1.165) is 5.56 Å². The van der Waals surface area contributed by atoms with Gasteiger partial charge in [-0.3, -0.25) is 4.79 Å². The van der Waals surface area contributed by atoms with Gasteiger partial charge in [0.25, 0.3) is 0 Å². The molecule has 0 aliphatic carbocycles. The fourth-order valence-corrected chi connectivity index (χ4v) is 1.96. The predicted molar refractivity (Wildman–Crippen MR) is 80.6 cm³/mol. The fourth-order valence-electron chi connectivity index (χ4n) is 1.64. The van der Waals surface area contributed by atoms with Gasteiger partial charge in [0.05, 0.1) is 11.9 Å². The van der Waals surface area contributed by atoms with Crippen molar-refractivity contribution in [2.24, 2.45) is 0 Å². The topological polar surface area (TPSA) is 52.6 Å². The molecule has 4 nitrogen and oxygen atoms in total. The van der Waals surface area contributed by atoms with E-state index in [1.165, 1.54) is 0 Å². The van der Waals surface area contributed by atoms with Crippen LogP contribution in [0.1, 0.15) is 36.7 Å². The average molecular weight is 343 g/mol. The lowest BCUT2D eigenvalue weighted by molar-refractivity contribution is -0.158. The number of aryl methyl sites for hydroxylation is 1. The van der Waals surface area contributed by atoms with Crippen LogP contribution >= 0.6 is 15.9 Å². The monoisotopic (exact) mass is 342 g/mol. The van der Waals surface area contributed by atoms with Crippen LogP contribution in [0.2, 0.25) is 0 Å². The lowest BCUT2D eigenvalue weighted by atomic mass is 10.1. The van der Waals surface area contributed by atoms with Crippen LogP contribution in [-0.2, 0) is 9.53 Å². The Hall–Kier alpha value is -1.36. The van der Waals surface area contributed by atoms with Crippen molar-refractivity contribution in [2.45, 2.75) is 33.3 Å². The van der Waals surface area contributed by atoms with Gasteiger partial charge in [-0.15, -0.1) is 0 Å². The number of hydrogen-bond donors (Lipinski definition) is 0. The van der Waals surface area contributed by atoms with Crippen molar-refractivity contribution in [3.05, 3.63) is 29.3 Å². The predicted octanol–water partition coefficient (Wildman–Crippen LogP) is 3.29. The summed E-state index contributed by atoms with van der Waals surface area (Å²) < 4.78 is 10.7. The molecule has 1 aromatic carbocycles. The maximum absolute atomic E-state index is 11.8. The van der Waals surface area contributed by atoms with E-state index >= 15 is 0 Å². The number of Topliss-reactive ketones (excluding diaryl/α,β-unsaturated/α-hetero) is 1. The van der Waals surface area contributed by atoms with Gasteiger partial charge in [-0.2, -0.15) is 0 Å². The maximum Gasteiger partial charge on any atom is 0.349 e. The van der Waals surface area contributed by atoms with Crippen LogP contribution < -0.4 is 4.74 Å². The highest BCUT2D eigenvalue weighted by Crippen LogP contribution is 2.25. The van der Waals surface area contributed by atoms with Crippen molar-refractivity contribution in [3.63, 3.8) is 0 Å². The number of ether oxygens (including phenoxy) is 2. The van der Waals surface area contributed by atoms with Crippen LogP contribution in [0.25, 0.3) is 0 Å². The highest BCUT2D eigenvalue weighted by molar-refractivity contribution is 9.09. The lowest BCUT2D eigenvalue weighted by Crippen LogP contribution is -2.39. The van der Waals surface area contributed by atoms with Crippen LogP contribution in [0.5, 0.6) is 5.75 Å². The molecular weight excluding hydrogens is 324 g/mol. The van der Waals surface area contributed by atoms with Gasteiger partial charge < -0.3 is 9.47 Å². The number of halogens is 1. The molecule has 0 aromatic heterocycles. The van der Waals surface area contributed by atoms with E-state index < -0.39 is 11.6 Å². The molecule has 0 saturated heterocycles. The van der Waals surface area contributed by atoms with Crippen LogP contribution in [0.15, 0.2) is 18.2 Å². The molecule has 0 heterocycles. The van der Waals surface area contributed by atoms with Crippen LogP contribution in [0.3, 0.4) is 0 Å². The molecule has 0 bridgehead atoms. The van der Waals surface area contributed by atoms with E-state index in [4.69, 9.17) is 9.47 Å². The molecule has 0 fully saturated rings. The molecule has 0 aliphatic rings. The molecule has 0 aliphatic heterocycles. The fraction of sp³-hybridized carbons (Fsp3) is 0.467.